The molecule has 1 amide bonds. The number of nitrogen functional groups attached to an aromatic ring is 1. The molecule has 1 aliphatic rings. The van der Waals surface area contributed by atoms with Crippen molar-refractivity contribution in [1.29, 1.82) is 0 Å². The molecule has 0 unspecified atom stereocenters. The SMILES string of the molecule is CCC1(C)CCN(C(=O)c2cc(Br)cnc2NN)CC1. The fourth-order valence-electron chi connectivity index (χ4n) is 2.49. The Morgan fingerprint density at radius 1 is 1.55 bits per heavy atom. The number of amides is 1. The monoisotopic (exact) mass is 340 g/mol. The minimum absolute atomic E-state index is 0.00935. The number of anilines is 1. The van der Waals surface area contributed by atoms with Crippen molar-refractivity contribution in [3.8, 4) is 0 Å². The molecule has 20 heavy (non-hydrogen) atoms. The van der Waals surface area contributed by atoms with Gasteiger partial charge in [-0.2, -0.15) is 0 Å². The second kappa shape index (κ2) is 6.10. The van der Waals surface area contributed by atoms with E-state index in [-0.39, 0.29) is 5.91 Å². The smallest absolute Gasteiger partial charge is 0.257 e. The Labute approximate surface area is 128 Å². The predicted octanol–water partition coefficient (Wildman–Crippen LogP) is 2.78. The molecule has 1 aliphatic heterocycles. The Morgan fingerprint density at radius 3 is 2.75 bits per heavy atom. The first-order chi connectivity index (χ1) is 9.49. The second-order valence-electron chi connectivity index (χ2n) is 5.65. The van der Waals surface area contributed by atoms with Crippen LogP contribution in [-0.2, 0) is 0 Å². The molecule has 3 N–H and O–H groups in total. The van der Waals surface area contributed by atoms with Crippen LogP contribution in [0.1, 0.15) is 43.5 Å². The summed E-state index contributed by atoms with van der Waals surface area (Å²) >= 11 is 3.35. The van der Waals surface area contributed by atoms with Crippen LogP contribution in [-0.4, -0.2) is 28.9 Å². The van der Waals surface area contributed by atoms with Gasteiger partial charge in [0.25, 0.3) is 5.91 Å². The van der Waals surface area contributed by atoms with Crippen molar-refractivity contribution in [2.24, 2.45) is 11.3 Å². The van der Waals surface area contributed by atoms with E-state index in [0.29, 0.717) is 16.8 Å². The van der Waals surface area contributed by atoms with Crippen LogP contribution >= 0.6 is 15.9 Å². The highest BCUT2D eigenvalue weighted by atomic mass is 79.9. The van der Waals surface area contributed by atoms with Crippen LogP contribution in [0.2, 0.25) is 0 Å². The minimum atomic E-state index is -0.00935. The minimum Gasteiger partial charge on any atom is -0.338 e. The van der Waals surface area contributed by atoms with Crippen molar-refractivity contribution in [1.82, 2.24) is 9.88 Å². The van der Waals surface area contributed by atoms with Crippen LogP contribution in [0, 0.1) is 5.41 Å². The Morgan fingerprint density at radius 2 is 2.20 bits per heavy atom. The van der Waals surface area contributed by atoms with Crippen molar-refractivity contribution in [3.05, 3.63) is 22.3 Å². The molecule has 0 aromatic carbocycles. The Kier molecular flexibility index (Phi) is 4.65. The van der Waals surface area contributed by atoms with Crippen molar-refractivity contribution in [2.75, 3.05) is 18.5 Å². The molecule has 5 nitrogen and oxygen atoms in total. The van der Waals surface area contributed by atoms with Crippen LogP contribution in [0.4, 0.5) is 5.82 Å². The number of rotatable bonds is 3. The van der Waals surface area contributed by atoms with Gasteiger partial charge in [-0.05, 0) is 40.3 Å². The van der Waals surface area contributed by atoms with E-state index in [9.17, 15) is 4.79 Å². The summed E-state index contributed by atoms with van der Waals surface area (Å²) in [6.07, 6.45) is 4.86. The molecule has 1 fully saturated rings. The summed E-state index contributed by atoms with van der Waals surface area (Å²) in [5, 5.41) is 0. The molecule has 2 heterocycles. The van der Waals surface area contributed by atoms with Gasteiger partial charge < -0.3 is 10.3 Å². The van der Waals surface area contributed by atoms with E-state index >= 15 is 0 Å². The van der Waals surface area contributed by atoms with Gasteiger partial charge in [0.05, 0.1) is 5.56 Å². The maximum atomic E-state index is 12.6. The number of hydrogen-bond donors (Lipinski definition) is 2. The Hall–Kier alpha value is -1.14. The van der Waals surface area contributed by atoms with E-state index in [2.05, 4.69) is 40.2 Å². The highest BCUT2D eigenvalue weighted by Gasteiger charge is 2.31. The number of aromatic nitrogens is 1. The third-order valence-electron chi connectivity index (χ3n) is 4.33. The maximum Gasteiger partial charge on any atom is 0.257 e. The standard InChI is InChI=1S/C14H21BrN4O/c1-3-14(2)4-6-19(7-5-14)13(20)11-8-10(15)9-17-12(11)18-16/h8-9H,3-7,16H2,1-2H3,(H,17,18). The number of carbonyl (C=O) groups excluding carboxylic acids is 1. The van der Waals surface area contributed by atoms with Gasteiger partial charge in [-0.25, -0.2) is 10.8 Å². The third-order valence-corrected chi connectivity index (χ3v) is 4.77. The first kappa shape index (κ1) is 15.3. The number of piperidine rings is 1. The van der Waals surface area contributed by atoms with Crippen LogP contribution in [0.5, 0.6) is 0 Å². The number of nitrogens with zero attached hydrogens (tertiary/aromatic N) is 2. The molecular weight excluding hydrogens is 320 g/mol. The van der Waals surface area contributed by atoms with Gasteiger partial charge >= 0.3 is 0 Å². The number of hydrazine groups is 1. The second-order valence-corrected chi connectivity index (χ2v) is 6.57. The van der Waals surface area contributed by atoms with Crippen molar-refractivity contribution in [3.63, 3.8) is 0 Å². The largest absolute Gasteiger partial charge is 0.338 e. The molecule has 110 valence electrons. The lowest BCUT2D eigenvalue weighted by Crippen LogP contribution is -2.42. The maximum absolute atomic E-state index is 12.6. The molecule has 0 atom stereocenters. The van der Waals surface area contributed by atoms with Crippen molar-refractivity contribution >= 4 is 27.7 Å². The molecule has 1 saturated heterocycles. The summed E-state index contributed by atoms with van der Waals surface area (Å²) in [7, 11) is 0. The lowest BCUT2D eigenvalue weighted by molar-refractivity contribution is 0.0601. The van der Waals surface area contributed by atoms with Crippen LogP contribution in [0.25, 0.3) is 0 Å². The summed E-state index contributed by atoms with van der Waals surface area (Å²) in [6.45, 7) is 6.09. The lowest BCUT2D eigenvalue weighted by Gasteiger charge is -2.39. The highest BCUT2D eigenvalue weighted by Crippen LogP contribution is 2.34. The highest BCUT2D eigenvalue weighted by molar-refractivity contribution is 9.10. The lowest BCUT2D eigenvalue weighted by atomic mass is 9.78. The summed E-state index contributed by atoms with van der Waals surface area (Å²) in [5.74, 6) is 5.84. The van der Waals surface area contributed by atoms with E-state index in [1.54, 1.807) is 12.3 Å². The molecule has 6 heteroatoms. The number of likely N-dealkylation sites (tertiary alicyclic amines) is 1. The van der Waals surface area contributed by atoms with E-state index < -0.39 is 0 Å². The molecule has 0 radical (unpaired) electrons. The first-order valence-corrected chi connectivity index (χ1v) is 7.70. The van der Waals surface area contributed by atoms with Gasteiger partial charge in [0, 0.05) is 23.8 Å². The van der Waals surface area contributed by atoms with Crippen LogP contribution in [0.15, 0.2) is 16.7 Å². The van der Waals surface area contributed by atoms with Gasteiger partial charge in [-0.15, -0.1) is 0 Å². The number of halogens is 1. The summed E-state index contributed by atoms with van der Waals surface area (Å²) in [5.41, 5.74) is 3.37. The molecular formula is C14H21BrN4O. The average Bonchev–Trinajstić information content (AvgIpc) is 2.47. The predicted molar refractivity (Wildman–Crippen MR) is 83.3 cm³/mol. The number of nitrogens with two attached hydrogens (primary N) is 1. The number of pyridine rings is 1. The fraction of sp³-hybridized carbons (Fsp3) is 0.571. The average molecular weight is 341 g/mol. The molecule has 1 aromatic rings. The van der Waals surface area contributed by atoms with E-state index in [1.165, 1.54) is 0 Å². The normalized spacial score (nSPS) is 17.9. The van der Waals surface area contributed by atoms with Crippen molar-refractivity contribution in [2.45, 2.75) is 33.1 Å². The number of nitrogens with one attached hydrogen (secondary N) is 1. The zero-order chi connectivity index (χ0) is 14.8. The van der Waals surface area contributed by atoms with Gasteiger partial charge in [-0.1, -0.05) is 20.3 Å². The van der Waals surface area contributed by atoms with Gasteiger partial charge in [0.1, 0.15) is 0 Å². The summed E-state index contributed by atoms with van der Waals surface area (Å²) in [6, 6.07) is 1.76. The fourth-order valence-corrected chi connectivity index (χ4v) is 2.82. The topological polar surface area (TPSA) is 71.2 Å². The zero-order valence-corrected chi connectivity index (χ0v) is 13.5. The quantitative estimate of drug-likeness (QED) is 0.655. The van der Waals surface area contributed by atoms with Crippen LogP contribution < -0.4 is 11.3 Å². The molecule has 0 aliphatic carbocycles. The first-order valence-electron chi connectivity index (χ1n) is 6.90. The van der Waals surface area contributed by atoms with Crippen molar-refractivity contribution < 1.29 is 4.79 Å². The number of carbonyl (C=O) groups is 1. The summed E-state index contributed by atoms with van der Waals surface area (Å²) < 4.78 is 0.773. The molecule has 2 rings (SSSR count). The Bertz CT molecular complexity index is 498. The zero-order valence-electron chi connectivity index (χ0n) is 11.9. The van der Waals surface area contributed by atoms with Gasteiger partial charge in [0.15, 0.2) is 5.82 Å². The van der Waals surface area contributed by atoms with E-state index in [1.807, 2.05) is 4.90 Å². The van der Waals surface area contributed by atoms with Gasteiger partial charge in [-0.3, -0.25) is 4.79 Å². The molecule has 0 spiro atoms. The van der Waals surface area contributed by atoms with Crippen LogP contribution in [0.3, 0.4) is 0 Å². The van der Waals surface area contributed by atoms with Gasteiger partial charge in [0.2, 0.25) is 0 Å². The number of hydrogen-bond acceptors (Lipinski definition) is 4. The van der Waals surface area contributed by atoms with E-state index in [0.717, 1.165) is 36.8 Å². The molecule has 0 saturated carbocycles. The van der Waals surface area contributed by atoms with E-state index in [4.69, 9.17) is 5.84 Å². The molecule has 1 aromatic heterocycles. The third kappa shape index (κ3) is 3.12. The Balaban J connectivity index is 2.15. The molecule has 0 bridgehead atoms. The summed E-state index contributed by atoms with van der Waals surface area (Å²) in [4.78, 5) is 18.6.